The highest BCUT2D eigenvalue weighted by Crippen LogP contribution is 2.33. The third-order valence-corrected chi connectivity index (χ3v) is 3.81. The summed E-state index contributed by atoms with van der Waals surface area (Å²) in [6, 6.07) is 17.8. The maximum atomic E-state index is 11.3. The Bertz CT molecular complexity index is 806. The first-order chi connectivity index (χ1) is 9.70. The topological polar surface area (TPSA) is 17.1 Å². The molecule has 0 fully saturated rings. The number of fused-ring (bicyclic) bond motifs is 1. The highest BCUT2D eigenvalue weighted by atomic mass is 35.5. The lowest BCUT2D eigenvalue weighted by atomic mass is 9.93. The molecule has 0 aromatic heterocycles. The number of carbonyl (C=O) groups is 1. The zero-order valence-electron chi connectivity index (χ0n) is 11.1. The van der Waals surface area contributed by atoms with Crippen LogP contribution in [0.2, 0.25) is 5.02 Å². The van der Waals surface area contributed by atoms with Gasteiger partial charge in [0.2, 0.25) is 0 Å². The maximum absolute atomic E-state index is 11.3. The van der Waals surface area contributed by atoms with E-state index in [9.17, 15) is 4.79 Å². The van der Waals surface area contributed by atoms with E-state index in [1.807, 2.05) is 24.3 Å². The molecule has 0 aliphatic carbocycles. The van der Waals surface area contributed by atoms with Gasteiger partial charge in [-0.2, -0.15) is 0 Å². The number of benzene rings is 3. The Morgan fingerprint density at radius 3 is 2.35 bits per heavy atom. The lowest BCUT2D eigenvalue weighted by molar-refractivity contribution is 0.112. The van der Waals surface area contributed by atoms with Gasteiger partial charge in [0.1, 0.15) is 0 Å². The molecule has 0 bridgehead atoms. The van der Waals surface area contributed by atoms with Crippen molar-refractivity contribution >= 4 is 28.7 Å². The van der Waals surface area contributed by atoms with E-state index in [0.717, 1.165) is 22.8 Å². The fourth-order valence-electron chi connectivity index (χ4n) is 2.56. The van der Waals surface area contributed by atoms with Crippen LogP contribution in [0.15, 0.2) is 54.6 Å². The van der Waals surface area contributed by atoms with Crippen LogP contribution in [0.4, 0.5) is 0 Å². The Labute approximate surface area is 122 Å². The molecule has 0 unspecified atom stereocenters. The van der Waals surface area contributed by atoms with Crippen molar-refractivity contribution in [3.63, 3.8) is 0 Å². The monoisotopic (exact) mass is 280 g/mol. The number of hydrogen-bond donors (Lipinski definition) is 0. The molecule has 0 spiro atoms. The smallest absolute Gasteiger partial charge is 0.150 e. The summed E-state index contributed by atoms with van der Waals surface area (Å²) in [4.78, 5) is 11.3. The van der Waals surface area contributed by atoms with Crippen LogP contribution in [0.25, 0.3) is 21.9 Å². The van der Waals surface area contributed by atoms with Gasteiger partial charge in [0.25, 0.3) is 0 Å². The first-order valence-corrected chi connectivity index (χ1v) is 6.82. The van der Waals surface area contributed by atoms with E-state index in [4.69, 9.17) is 11.6 Å². The van der Waals surface area contributed by atoms with Crippen molar-refractivity contribution in [1.82, 2.24) is 0 Å². The molecule has 0 radical (unpaired) electrons. The fraction of sp³-hybridized carbons (Fsp3) is 0.0556. The van der Waals surface area contributed by atoms with Crippen LogP contribution in [0, 0.1) is 6.92 Å². The van der Waals surface area contributed by atoms with Crippen molar-refractivity contribution in [2.45, 2.75) is 6.92 Å². The van der Waals surface area contributed by atoms with E-state index in [1.54, 1.807) is 6.07 Å². The molecule has 0 atom stereocenters. The number of halogens is 1. The average molecular weight is 281 g/mol. The molecule has 3 aromatic rings. The number of rotatable bonds is 2. The van der Waals surface area contributed by atoms with E-state index in [0.29, 0.717) is 10.6 Å². The number of carbonyl (C=O) groups excluding carboxylic acids is 1. The van der Waals surface area contributed by atoms with Crippen LogP contribution in [-0.4, -0.2) is 6.29 Å². The van der Waals surface area contributed by atoms with Gasteiger partial charge < -0.3 is 0 Å². The predicted octanol–water partition coefficient (Wildman–Crippen LogP) is 5.28. The molecule has 0 saturated carbocycles. The second kappa shape index (κ2) is 5.10. The van der Waals surface area contributed by atoms with Crippen molar-refractivity contribution in [2.24, 2.45) is 0 Å². The molecular weight excluding hydrogens is 268 g/mol. The number of hydrogen-bond acceptors (Lipinski definition) is 1. The van der Waals surface area contributed by atoms with Gasteiger partial charge in [0.05, 0.1) is 0 Å². The molecule has 3 aromatic carbocycles. The molecule has 3 rings (SSSR count). The van der Waals surface area contributed by atoms with Crippen LogP contribution in [0.3, 0.4) is 0 Å². The summed E-state index contributed by atoms with van der Waals surface area (Å²) >= 11 is 5.97. The van der Waals surface area contributed by atoms with Gasteiger partial charge in [-0.3, -0.25) is 4.79 Å². The molecule has 0 amide bonds. The summed E-state index contributed by atoms with van der Waals surface area (Å²) in [6.45, 7) is 2.09. The van der Waals surface area contributed by atoms with Crippen LogP contribution >= 0.6 is 11.6 Å². The highest BCUT2D eigenvalue weighted by molar-refractivity contribution is 6.31. The Balaban J connectivity index is 2.36. The second-order valence-electron chi connectivity index (χ2n) is 4.83. The molecule has 0 aliphatic rings. The predicted molar refractivity (Wildman–Crippen MR) is 84.5 cm³/mol. The molecule has 2 heteroatoms. The molecule has 0 heterocycles. The number of aldehydes is 1. The molecule has 0 N–H and O–H groups in total. The molecule has 0 aliphatic heterocycles. The lowest BCUT2D eigenvalue weighted by Gasteiger charge is -2.11. The highest BCUT2D eigenvalue weighted by Gasteiger charge is 2.09. The lowest BCUT2D eigenvalue weighted by Crippen LogP contribution is -1.90. The first kappa shape index (κ1) is 12.9. The van der Waals surface area contributed by atoms with E-state index >= 15 is 0 Å². The van der Waals surface area contributed by atoms with Crippen LogP contribution < -0.4 is 0 Å². The quantitative estimate of drug-likeness (QED) is 0.584. The average Bonchev–Trinajstić information content (AvgIpc) is 2.48. The van der Waals surface area contributed by atoms with Gasteiger partial charge in [0.15, 0.2) is 6.29 Å². The summed E-state index contributed by atoms with van der Waals surface area (Å²) in [5.41, 5.74) is 3.82. The fourth-order valence-corrected chi connectivity index (χ4v) is 2.74. The summed E-state index contributed by atoms with van der Waals surface area (Å²) in [6.07, 6.45) is 0.857. The molecule has 98 valence electrons. The minimum atomic E-state index is 0.576. The normalized spacial score (nSPS) is 10.7. The standard InChI is InChI=1S/C18H13ClO/c1-12-6-8-18(17-5-3-2-4-15(12)17)16-9-7-14(19)10-13(16)11-20/h2-11H,1H3. The second-order valence-corrected chi connectivity index (χ2v) is 5.26. The summed E-state index contributed by atoms with van der Waals surface area (Å²) in [5.74, 6) is 0. The Kier molecular flexibility index (Phi) is 3.29. The summed E-state index contributed by atoms with van der Waals surface area (Å²) in [5, 5.41) is 2.93. The van der Waals surface area contributed by atoms with Crippen molar-refractivity contribution in [3.8, 4) is 11.1 Å². The Morgan fingerprint density at radius 2 is 1.60 bits per heavy atom. The van der Waals surface area contributed by atoms with Gasteiger partial charge in [0, 0.05) is 10.6 Å². The largest absolute Gasteiger partial charge is 0.298 e. The van der Waals surface area contributed by atoms with E-state index in [-0.39, 0.29) is 0 Å². The zero-order valence-corrected chi connectivity index (χ0v) is 11.8. The van der Waals surface area contributed by atoms with Gasteiger partial charge in [-0.05, 0) is 46.5 Å². The van der Waals surface area contributed by atoms with Crippen molar-refractivity contribution in [2.75, 3.05) is 0 Å². The van der Waals surface area contributed by atoms with Crippen molar-refractivity contribution in [1.29, 1.82) is 0 Å². The van der Waals surface area contributed by atoms with Gasteiger partial charge in [-0.15, -0.1) is 0 Å². The van der Waals surface area contributed by atoms with Crippen LogP contribution in [0.1, 0.15) is 15.9 Å². The Hall–Kier alpha value is -2.12. The summed E-state index contributed by atoms with van der Waals surface area (Å²) in [7, 11) is 0. The Morgan fingerprint density at radius 1 is 0.900 bits per heavy atom. The third-order valence-electron chi connectivity index (χ3n) is 3.57. The third kappa shape index (κ3) is 2.10. The van der Waals surface area contributed by atoms with Crippen molar-refractivity contribution < 1.29 is 4.79 Å². The van der Waals surface area contributed by atoms with E-state index in [1.165, 1.54) is 10.9 Å². The SMILES string of the molecule is Cc1ccc(-c2ccc(Cl)cc2C=O)c2ccccc12. The van der Waals surface area contributed by atoms with E-state index in [2.05, 4.69) is 31.2 Å². The van der Waals surface area contributed by atoms with Gasteiger partial charge in [-0.25, -0.2) is 0 Å². The van der Waals surface area contributed by atoms with E-state index < -0.39 is 0 Å². The van der Waals surface area contributed by atoms with Crippen LogP contribution in [-0.2, 0) is 0 Å². The van der Waals surface area contributed by atoms with Crippen molar-refractivity contribution in [3.05, 3.63) is 70.7 Å². The zero-order chi connectivity index (χ0) is 14.1. The maximum Gasteiger partial charge on any atom is 0.150 e. The van der Waals surface area contributed by atoms with Gasteiger partial charge in [-0.1, -0.05) is 54.1 Å². The number of aryl methyl sites for hydroxylation is 1. The first-order valence-electron chi connectivity index (χ1n) is 6.44. The molecular formula is C18H13ClO. The van der Waals surface area contributed by atoms with Crippen LogP contribution in [0.5, 0.6) is 0 Å². The molecule has 1 nitrogen and oxygen atoms in total. The minimum Gasteiger partial charge on any atom is -0.298 e. The summed E-state index contributed by atoms with van der Waals surface area (Å²) < 4.78 is 0. The molecule has 20 heavy (non-hydrogen) atoms. The minimum absolute atomic E-state index is 0.576. The molecule has 0 saturated heterocycles. The van der Waals surface area contributed by atoms with Gasteiger partial charge >= 0.3 is 0 Å².